The lowest BCUT2D eigenvalue weighted by Gasteiger charge is -2.05. The van der Waals surface area contributed by atoms with E-state index in [0.717, 1.165) is 16.3 Å². The van der Waals surface area contributed by atoms with Crippen LogP contribution in [-0.2, 0) is 11.2 Å². The average molecular weight is 364 g/mol. The SMILES string of the molecule is O=C(Cc1cccc2ccccc12)Nc1nnc(-c2ccccc2Cl)o1. The lowest BCUT2D eigenvalue weighted by molar-refractivity contribution is -0.115. The van der Waals surface area contributed by atoms with Crippen LogP contribution in [0.4, 0.5) is 6.01 Å². The van der Waals surface area contributed by atoms with E-state index in [0.29, 0.717) is 10.6 Å². The number of anilines is 1. The molecule has 128 valence electrons. The van der Waals surface area contributed by atoms with Gasteiger partial charge in [0.25, 0.3) is 5.89 Å². The number of hydrogen-bond donors (Lipinski definition) is 1. The zero-order chi connectivity index (χ0) is 17.9. The van der Waals surface area contributed by atoms with Crippen LogP contribution in [-0.4, -0.2) is 16.1 Å². The highest BCUT2D eigenvalue weighted by molar-refractivity contribution is 6.33. The van der Waals surface area contributed by atoms with Crippen molar-refractivity contribution in [2.45, 2.75) is 6.42 Å². The molecule has 0 saturated heterocycles. The van der Waals surface area contributed by atoms with Crippen LogP contribution in [0.15, 0.2) is 71.1 Å². The van der Waals surface area contributed by atoms with Crippen LogP contribution >= 0.6 is 11.6 Å². The summed E-state index contributed by atoms with van der Waals surface area (Å²) in [7, 11) is 0. The first-order valence-corrected chi connectivity index (χ1v) is 8.43. The van der Waals surface area contributed by atoms with Crippen LogP contribution in [0.1, 0.15) is 5.56 Å². The minimum atomic E-state index is -0.226. The lowest BCUT2D eigenvalue weighted by atomic mass is 10.0. The van der Waals surface area contributed by atoms with E-state index in [4.69, 9.17) is 16.0 Å². The Hall–Kier alpha value is -3.18. The summed E-state index contributed by atoms with van der Waals surface area (Å²) in [6, 6.07) is 21.0. The minimum Gasteiger partial charge on any atom is -0.403 e. The summed E-state index contributed by atoms with van der Waals surface area (Å²) in [5.41, 5.74) is 1.56. The van der Waals surface area contributed by atoms with E-state index in [1.165, 1.54) is 0 Å². The van der Waals surface area contributed by atoms with Crippen LogP contribution in [0.2, 0.25) is 5.02 Å². The van der Waals surface area contributed by atoms with Gasteiger partial charge in [0, 0.05) is 0 Å². The molecule has 0 aliphatic heterocycles. The maximum Gasteiger partial charge on any atom is 0.322 e. The van der Waals surface area contributed by atoms with E-state index < -0.39 is 0 Å². The summed E-state index contributed by atoms with van der Waals surface area (Å²) < 4.78 is 5.51. The van der Waals surface area contributed by atoms with Gasteiger partial charge in [-0.15, -0.1) is 5.10 Å². The minimum absolute atomic E-state index is 0.0464. The third kappa shape index (κ3) is 3.30. The monoisotopic (exact) mass is 363 g/mol. The zero-order valence-electron chi connectivity index (χ0n) is 13.6. The zero-order valence-corrected chi connectivity index (χ0v) is 14.4. The molecule has 1 aromatic heterocycles. The quantitative estimate of drug-likeness (QED) is 0.569. The molecule has 0 atom stereocenters. The largest absolute Gasteiger partial charge is 0.403 e. The predicted molar refractivity (Wildman–Crippen MR) is 101 cm³/mol. The van der Waals surface area contributed by atoms with Gasteiger partial charge in [0.15, 0.2) is 0 Å². The molecule has 0 radical (unpaired) electrons. The van der Waals surface area contributed by atoms with Crippen molar-refractivity contribution in [3.05, 3.63) is 77.3 Å². The molecule has 0 spiro atoms. The third-order valence-electron chi connectivity index (χ3n) is 4.01. The van der Waals surface area contributed by atoms with Crippen molar-refractivity contribution in [2.24, 2.45) is 0 Å². The molecular formula is C20H14ClN3O2. The second kappa shape index (κ2) is 6.98. The summed E-state index contributed by atoms with van der Waals surface area (Å²) in [6.45, 7) is 0. The summed E-state index contributed by atoms with van der Waals surface area (Å²) >= 11 is 6.12. The number of fused-ring (bicyclic) bond motifs is 1. The van der Waals surface area contributed by atoms with E-state index >= 15 is 0 Å². The normalized spacial score (nSPS) is 10.8. The second-order valence-corrected chi connectivity index (χ2v) is 6.16. The van der Waals surface area contributed by atoms with Gasteiger partial charge in [-0.3, -0.25) is 10.1 Å². The molecule has 6 heteroatoms. The Kier molecular flexibility index (Phi) is 4.37. The average Bonchev–Trinajstić information content (AvgIpc) is 3.10. The van der Waals surface area contributed by atoms with Crippen LogP contribution in [0.3, 0.4) is 0 Å². The molecule has 1 heterocycles. The van der Waals surface area contributed by atoms with Crippen molar-refractivity contribution in [1.82, 2.24) is 10.2 Å². The first-order valence-electron chi connectivity index (χ1n) is 8.05. The topological polar surface area (TPSA) is 68.0 Å². The molecular weight excluding hydrogens is 350 g/mol. The Balaban J connectivity index is 1.51. The number of benzene rings is 3. The highest BCUT2D eigenvalue weighted by Crippen LogP contribution is 2.27. The molecule has 0 fully saturated rings. The lowest BCUT2D eigenvalue weighted by Crippen LogP contribution is -2.14. The van der Waals surface area contributed by atoms with Crippen LogP contribution < -0.4 is 5.32 Å². The Labute approximate surface area is 154 Å². The van der Waals surface area contributed by atoms with Gasteiger partial charge >= 0.3 is 6.01 Å². The summed E-state index contributed by atoms with van der Waals surface area (Å²) in [6.07, 6.45) is 0.213. The van der Waals surface area contributed by atoms with Gasteiger partial charge in [0.2, 0.25) is 5.91 Å². The molecule has 3 aromatic carbocycles. The smallest absolute Gasteiger partial charge is 0.322 e. The van der Waals surface area contributed by atoms with E-state index in [1.807, 2.05) is 54.6 Å². The number of halogens is 1. The first kappa shape index (κ1) is 16.3. The maximum atomic E-state index is 12.4. The van der Waals surface area contributed by atoms with Crippen molar-refractivity contribution in [3.8, 4) is 11.5 Å². The van der Waals surface area contributed by atoms with Gasteiger partial charge < -0.3 is 4.42 Å². The molecule has 1 amide bonds. The molecule has 1 N–H and O–H groups in total. The highest BCUT2D eigenvalue weighted by atomic mass is 35.5. The first-order chi connectivity index (χ1) is 12.7. The van der Waals surface area contributed by atoms with E-state index in [2.05, 4.69) is 15.5 Å². The molecule has 0 aliphatic rings. The Morgan fingerprint density at radius 3 is 2.62 bits per heavy atom. The maximum absolute atomic E-state index is 12.4. The highest BCUT2D eigenvalue weighted by Gasteiger charge is 2.14. The van der Waals surface area contributed by atoms with Crippen molar-refractivity contribution < 1.29 is 9.21 Å². The van der Waals surface area contributed by atoms with Gasteiger partial charge in [0.05, 0.1) is 17.0 Å². The number of hydrogen-bond acceptors (Lipinski definition) is 4. The number of carbonyl (C=O) groups excluding carboxylic acids is 1. The van der Waals surface area contributed by atoms with Gasteiger partial charge in [-0.05, 0) is 28.5 Å². The number of carbonyl (C=O) groups is 1. The molecule has 0 unspecified atom stereocenters. The van der Waals surface area contributed by atoms with Crippen molar-refractivity contribution in [2.75, 3.05) is 5.32 Å². The fraction of sp³-hybridized carbons (Fsp3) is 0.0500. The van der Waals surface area contributed by atoms with E-state index in [-0.39, 0.29) is 24.2 Å². The molecule has 4 rings (SSSR count). The number of nitrogens with one attached hydrogen (secondary N) is 1. The van der Waals surface area contributed by atoms with E-state index in [1.54, 1.807) is 12.1 Å². The molecule has 0 aliphatic carbocycles. The molecule has 5 nitrogen and oxygen atoms in total. The fourth-order valence-electron chi connectivity index (χ4n) is 2.80. The summed E-state index contributed by atoms with van der Waals surface area (Å²) in [4.78, 5) is 12.4. The van der Waals surface area contributed by atoms with Gasteiger partial charge in [0.1, 0.15) is 0 Å². The van der Waals surface area contributed by atoms with Crippen molar-refractivity contribution >= 4 is 34.3 Å². The van der Waals surface area contributed by atoms with Crippen LogP contribution in [0, 0.1) is 0 Å². The standard InChI is InChI=1S/C20H14ClN3O2/c21-17-11-4-3-10-16(17)19-23-24-20(26-19)22-18(25)12-14-8-5-7-13-6-1-2-9-15(13)14/h1-11H,12H2,(H,22,24,25). The van der Waals surface area contributed by atoms with Crippen LogP contribution in [0.25, 0.3) is 22.2 Å². The predicted octanol–water partition coefficient (Wildman–Crippen LogP) is 4.72. The Morgan fingerprint density at radius 1 is 0.962 bits per heavy atom. The Bertz CT molecular complexity index is 1090. The van der Waals surface area contributed by atoms with Gasteiger partial charge in [-0.25, -0.2) is 0 Å². The number of amides is 1. The molecule has 4 aromatic rings. The van der Waals surface area contributed by atoms with E-state index in [9.17, 15) is 4.79 Å². The number of aromatic nitrogens is 2. The summed E-state index contributed by atoms with van der Waals surface area (Å²) in [5.74, 6) is 0.0340. The number of rotatable bonds is 4. The van der Waals surface area contributed by atoms with Crippen molar-refractivity contribution in [3.63, 3.8) is 0 Å². The Morgan fingerprint density at radius 2 is 1.73 bits per heavy atom. The molecule has 0 saturated carbocycles. The molecule has 0 bridgehead atoms. The third-order valence-corrected chi connectivity index (χ3v) is 4.34. The van der Waals surface area contributed by atoms with Gasteiger partial charge in [-0.2, -0.15) is 0 Å². The van der Waals surface area contributed by atoms with Crippen LogP contribution in [0.5, 0.6) is 0 Å². The fourth-order valence-corrected chi connectivity index (χ4v) is 3.02. The summed E-state index contributed by atoms with van der Waals surface area (Å²) in [5, 5.41) is 13.1. The molecule has 26 heavy (non-hydrogen) atoms. The number of nitrogens with zero attached hydrogens (tertiary/aromatic N) is 2. The second-order valence-electron chi connectivity index (χ2n) is 5.76. The van der Waals surface area contributed by atoms with Crippen molar-refractivity contribution in [1.29, 1.82) is 0 Å². The van der Waals surface area contributed by atoms with Gasteiger partial charge in [-0.1, -0.05) is 71.3 Å².